The van der Waals surface area contributed by atoms with Crippen LogP contribution in [0, 0.1) is 6.92 Å². The third kappa shape index (κ3) is 4.16. The third-order valence-electron chi connectivity index (χ3n) is 3.84. The molecule has 0 bridgehead atoms. The fourth-order valence-corrected chi connectivity index (χ4v) is 3.22. The maximum Gasteiger partial charge on any atom is 0.0497 e. The van der Waals surface area contributed by atoms with Gasteiger partial charge < -0.3 is 5.73 Å². The van der Waals surface area contributed by atoms with E-state index in [9.17, 15) is 0 Å². The van der Waals surface area contributed by atoms with Gasteiger partial charge in [0.1, 0.15) is 0 Å². The van der Waals surface area contributed by atoms with E-state index in [1.807, 2.05) is 6.07 Å². The van der Waals surface area contributed by atoms with Crippen molar-refractivity contribution >= 4 is 15.9 Å². The van der Waals surface area contributed by atoms with Crippen molar-refractivity contribution in [3.05, 3.63) is 69.7 Å². The van der Waals surface area contributed by atoms with Gasteiger partial charge >= 0.3 is 0 Å². The molecular weight excluding hydrogens is 324 g/mol. The molecule has 0 amide bonds. The normalized spacial score (nSPS) is 14.2. The first-order valence-corrected chi connectivity index (χ1v) is 8.04. The number of hydrogen-bond acceptors (Lipinski definition) is 2. The van der Waals surface area contributed by atoms with E-state index in [1.54, 1.807) is 0 Å². The van der Waals surface area contributed by atoms with Crippen LogP contribution in [0.15, 0.2) is 53.0 Å². The van der Waals surface area contributed by atoms with Gasteiger partial charge in [0.15, 0.2) is 0 Å². The summed E-state index contributed by atoms with van der Waals surface area (Å²) in [5.74, 6) is 0. The van der Waals surface area contributed by atoms with Crippen molar-refractivity contribution in [2.45, 2.75) is 32.5 Å². The minimum absolute atomic E-state index is 0.0633. The van der Waals surface area contributed by atoms with Crippen LogP contribution < -0.4 is 5.73 Å². The molecule has 0 aliphatic carbocycles. The van der Waals surface area contributed by atoms with Crippen molar-refractivity contribution in [2.24, 2.45) is 5.73 Å². The van der Waals surface area contributed by atoms with E-state index in [4.69, 9.17) is 5.73 Å². The zero-order chi connectivity index (χ0) is 15.4. The Morgan fingerprint density at radius 1 is 1.14 bits per heavy atom. The maximum absolute atomic E-state index is 6.25. The average molecular weight is 347 g/mol. The van der Waals surface area contributed by atoms with Crippen LogP contribution in [-0.2, 0) is 6.54 Å². The van der Waals surface area contributed by atoms with E-state index in [-0.39, 0.29) is 12.1 Å². The molecule has 2 N–H and O–H groups in total. The number of aryl methyl sites for hydroxylation is 1. The monoisotopic (exact) mass is 346 g/mol. The summed E-state index contributed by atoms with van der Waals surface area (Å²) in [7, 11) is 2.14. The molecule has 0 aliphatic rings. The predicted octanol–water partition coefficient (Wildman–Crippen LogP) is 4.28. The van der Waals surface area contributed by atoms with Gasteiger partial charge in [0.2, 0.25) is 0 Å². The molecule has 0 aromatic heterocycles. The lowest BCUT2D eigenvalue weighted by Gasteiger charge is -2.32. The summed E-state index contributed by atoms with van der Waals surface area (Å²) >= 11 is 3.55. The van der Waals surface area contributed by atoms with Gasteiger partial charge in [-0.05, 0) is 49.7 Å². The summed E-state index contributed by atoms with van der Waals surface area (Å²) in [6, 6.07) is 17.2. The standard InChI is InChI=1S/C18H23BrN2/c1-13-7-4-5-8-16(13)12-21(3)18(14(2)20)15-9-6-10-17(19)11-15/h4-11,14,18H,12,20H2,1-3H3. The summed E-state index contributed by atoms with van der Waals surface area (Å²) in [4.78, 5) is 2.33. The summed E-state index contributed by atoms with van der Waals surface area (Å²) < 4.78 is 1.09. The van der Waals surface area contributed by atoms with E-state index in [0.29, 0.717) is 0 Å². The molecule has 0 aliphatic heterocycles. The molecule has 2 aromatic carbocycles. The van der Waals surface area contributed by atoms with Crippen LogP contribution in [-0.4, -0.2) is 18.0 Å². The molecule has 0 saturated heterocycles. The van der Waals surface area contributed by atoms with Crippen LogP contribution in [0.3, 0.4) is 0 Å². The molecule has 2 aromatic rings. The lowest BCUT2D eigenvalue weighted by Crippen LogP contribution is -2.37. The minimum atomic E-state index is 0.0633. The molecule has 112 valence electrons. The Morgan fingerprint density at radius 2 is 1.86 bits per heavy atom. The molecule has 2 rings (SSSR count). The van der Waals surface area contributed by atoms with Crippen LogP contribution in [0.1, 0.15) is 29.7 Å². The van der Waals surface area contributed by atoms with E-state index in [1.165, 1.54) is 16.7 Å². The first kappa shape index (κ1) is 16.2. The van der Waals surface area contributed by atoms with Crippen LogP contribution >= 0.6 is 15.9 Å². The second-order valence-electron chi connectivity index (χ2n) is 5.70. The average Bonchev–Trinajstić information content (AvgIpc) is 2.41. The fourth-order valence-electron chi connectivity index (χ4n) is 2.80. The number of benzene rings is 2. The number of halogens is 1. The highest BCUT2D eigenvalue weighted by atomic mass is 79.9. The Balaban J connectivity index is 2.24. The highest BCUT2D eigenvalue weighted by Crippen LogP contribution is 2.26. The van der Waals surface area contributed by atoms with Crippen molar-refractivity contribution < 1.29 is 0 Å². The minimum Gasteiger partial charge on any atom is -0.326 e. The second kappa shape index (κ2) is 7.21. The number of likely N-dealkylation sites (N-methyl/N-ethyl adjacent to an activating group) is 1. The SMILES string of the molecule is Cc1ccccc1CN(C)C(c1cccc(Br)c1)C(C)N. The Labute approximate surface area is 136 Å². The molecule has 0 saturated carbocycles. The smallest absolute Gasteiger partial charge is 0.0497 e. The van der Waals surface area contributed by atoms with Crippen LogP contribution in [0.25, 0.3) is 0 Å². The highest BCUT2D eigenvalue weighted by molar-refractivity contribution is 9.10. The van der Waals surface area contributed by atoms with Gasteiger partial charge in [0, 0.05) is 23.1 Å². The van der Waals surface area contributed by atoms with E-state index in [2.05, 4.69) is 84.2 Å². The van der Waals surface area contributed by atoms with Gasteiger partial charge in [-0.25, -0.2) is 0 Å². The highest BCUT2D eigenvalue weighted by Gasteiger charge is 2.21. The molecule has 0 spiro atoms. The van der Waals surface area contributed by atoms with Crippen LogP contribution in [0.5, 0.6) is 0 Å². The number of nitrogens with two attached hydrogens (primary N) is 1. The fraction of sp³-hybridized carbons (Fsp3) is 0.333. The Kier molecular flexibility index (Phi) is 5.57. The van der Waals surface area contributed by atoms with Crippen LogP contribution in [0.4, 0.5) is 0 Å². The van der Waals surface area contributed by atoms with Crippen molar-refractivity contribution in [2.75, 3.05) is 7.05 Å². The van der Waals surface area contributed by atoms with Crippen molar-refractivity contribution in [3.63, 3.8) is 0 Å². The summed E-state index contributed by atoms with van der Waals surface area (Å²) in [5, 5.41) is 0. The Morgan fingerprint density at radius 3 is 2.48 bits per heavy atom. The number of nitrogens with zero attached hydrogens (tertiary/aromatic N) is 1. The van der Waals surface area contributed by atoms with Gasteiger partial charge in [0.25, 0.3) is 0 Å². The van der Waals surface area contributed by atoms with E-state index in [0.717, 1.165) is 11.0 Å². The Hall–Kier alpha value is -1.16. The molecule has 0 heterocycles. The van der Waals surface area contributed by atoms with Crippen LogP contribution in [0.2, 0.25) is 0 Å². The van der Waals surface area contributed by atoms with E-state index >= 15 is 0 Å². The molecule has 0 fully saturated rings. The maximum atomic E-state index is 6.25. The van der Waals surface area contributed by atoms with Gasteiger partial charge in [0.05, 0.1) is 0 Å². The predicted molar refractivity (Wildman–Crippen MR) is 93.2 cm³/mol. The van der Waals surface area contributed by atoms with Gasteiger partial charge in [-0.1, -0.05) is 52.3 Å². The third-order valence-corrected chi connectivity index (χ3v) is 4.34. The first-order valence-electron chi connectivity index (χ1n) is 7.25. The molecule has 2 unspecified atom stereocenters. The summed E-state index contributed by atoms with van der Waals surface area (Å²) in [6.45, 7) is 5.12. The lowest BCUT2D eigenvalue weighted by molar-refractivity contribution is 0.210. The Bertz CT molecular complexity index is 595. The lowest BCUT2D eigenvalue weighted by atomic mass is 9.98. The van der Waals surface area contributed by atoms with E-state index < -0.39 is 0 Å². The molecular formula is C18H23BrN2. The van der Waals surface area contributed by atoms with Crippen molar-refractivity contribution in [3.8, 4) is 0 Å². The largest absolute Gasteiger partial charge is 0.326 e. The summed E-state index contributed by atoms with van der Waals surface area (Å²) in [5.41, 5.74) is 10.2. The molecule has 0 radical (unpaired) electrons. The second-order valence-corrected chi connectivity index (χ2v) is 6.62. The van der Waals surface area contributed by atoms with Gasteiger partial charge in [-0.2, -0.15) is 0 Å². The summed E-state index contributed by atoms with van der Waals surface area (Å²) in [6.07, 6.45) is 0. The molecule has 21 heavy (non-hydrogen) atoms. The number of rotatable bonds is 5. The molecule has 3 heteroatoms. The molecule has 2 atom stereocenters. The zero-order valence-electron chi connectivity index (χ0n) is 12.9. The molecule has 2 nitrogen and oxygen atoms in total. The van der Waals surface area contributed by atoms with Gasteiger partial charge in [-0.15, -0.1) is 0 Å². The quantitative estimate of drug-likeness (QED) is 0.875. The zero-order valence-corrected chi connectivity index (χ0v) is 14.5. The topological polar surface area (TPSA) is 29.3 Å². The van der Waals surface area contributed by atoms with Crippen molar-refractivity contribution in [1.82, 2.24) is 4.90 Å². The number of hydrogen-bond donors (Lipinski definition) is 1. The first-order chi connectivity index (χ1) is 9.99. The van der Waals surface area contributed by atoms with Crippen molar-refractivity contribution in [1.29, 1.82) is 0 Å². The van der Waals surface area contributed by atoms with Gasteiger partial charge in [-0.3, -0.25) is 4.90 Å².